The van der Waals surface area contributed by atoms with Crippen LogP contribution in [0.25, 0.3) is 0 Å². The van der Waals surface area contributed by atoms with E-state index in [1.165, 1.54) is 0 Å². The normalized spacial score (nSPS) is 34.8. The van der Waals surface area contributed by atoms with Crippen molar-refractivity contribution in [2.24, 2.45) is 0 Å². The van der Waals surface area contributed by atoms with Gasteiger partial charge in [0.05, 0.1) is 0 Å². The van der Waals surface area contributed by atoms with Crippen molar-refractivity contribution < 1.29 is 8.22 Å². The topological polar surface area (TPSA) is 0 Å². The molecule has 0 nitrogen and oxygen atoms in total. The van der Waals surface area contributed by atoms with E-state index in [9.17, 15) is 0 Å². The predicted molar refractivity (Wildman–Crippen MR) is 25.2 cm³/mol. The first-order valence-corrected chi connectivity index (χ1v) is 1.50. The summed E-state index contributed by atoms with van der Waals surface area (Å²) >= 11 is 0. The zero-order valence-corrected chi connectivity index (χ0v) is 3.50. The average molecular weight is 78.2 g/mol. The zero-order valence-electron chi connectivity index (χ0n) is 9.50. The minimum absolute atomic E-state index is 1.04. The second-order valence-corrected chi connectivity index (χ2v) is 0.625. The summed E-state index contributed by atoms with van der Waals surface area (Å²) in [7, 11) is 0. The molecule has 0 bridgehead atoms. The van der Waals surface area contributed by atoms with E-state index < -0.39 is 19.1 Å². The number of hydrogen-bond donors (Lipinski definition) is 0. The highest BCUT2D eigenvalue weighted by Crippen LogP contribution is 1.88. The standard InChI is InChI=1S/C5H12/c1-3-5-4-2/h3-5H2,1-2H3/i3D2,4D2,5D2. The fourth-order valence-electron chi connectivity index (χ4n) is 0.125. The van der Waals surface area contributed by atoms with E-state index in [0.29, 0.717) is 0 Å². The maximum absolute atomic E-state index is 7.15. The van der Waals surface area contributed by atoms with Crippen LogP contribution in [-0.4, -0.2) is 0 Å². The molecule has 0 fully saturated rings. The first-order chi connectivity index (χ1) is 4.50. The predicted octanol–water partition coefficient (Wildman–Crippen LogP) is 2.20. The van der Waals surface area contributed by atoms with Gasteiger partial charge in [-0.2, -0.15) is 0 Å². The Morgan fingerprint density at radius 3 is 1.80 bits per heavy atom. The van der Waals surface area contributed by atoms with Gasteiger partial charge in [-0.15, -0.1) is 0 Å². The van der Waals surface area contributed by atoms with E-state index in [1.807, 2.05) is 0 Å². The van der Waals surface area contributed by atoms with Crippen LogP contribution in [0.5, 0.6) is 0 Å². The van der Waals surface area contributed by atoms with E-state index in [0.717, 1.165) is 13.8 Å². The molecule has 0 heterocycles. The van der Waals surface area contributed by atoms with E-state index in [1.54, 1.807) is 0 Å². The summed E-state index contributed by atoms with van der Waals surface area (Å²) in [6.07, 6.45) is -6.78. The van der Waals surface area contributed by atoms with Gasteiger partial charge in [0.25, 0.3) is 0 Å². The van der Waals surface area contributed by atoms with Gasteiger partial charge in [-0.3, -0.25) is 0 Å². The maximum Gasteiger partial charge on any atom is 0.0266 e. The fourth-order valence-corrected chi connectivity index (χ4v) is 0.125. The van der Waals surface area contributed by atoms with Crippen LogP contribution in [0.1, 0.15) is 41.2 Å². The van der Waals surface area contributed by atoms with Gasteiger partial charge < -0.3 is 0 Å². The summed E-state index contributed by atoms with van der Waals surface area (Å²) in [5.41, 5.74) is 0. The Morgan fingerprint density at radius 2 is 1.80 bits per heavy atom. The van der Waals surface area contributed by atoms with Gasteiger partial charge in [0.15, 0.2) is 0 Å². The molecule has 32 valence electrons. The molecule has 0 spiro atoms. The Kier molecular flexibility index (Phi) is 0.640. The molecule has 0 heteroatoms. The average Bonchev–Trinajstić information content (AvgIpc) is 1.58. The molecule has 0 aliphatic carbocycles. The SMILES string of the molecule is [2H]C([2H])(C)C([2H])([2H])C([2H])([2H])C. The molecule has 0 radical (unpaired) electrons. The molecule has 0 saturated carbocycles. The van der Waals surface area contributed by atoms with Gasteiger partial charge in [0.1, 0.15) is 0 Å². The molecule has 0 aromatic rings. The Balaban J connectivity index is 4.75. The minimum Gasteiger partial charge on any atom is -0.0654 e. The first kappa shape index (κ1) is 0.800. The van der Waals surface area contributed by atoms with Crippen LogP contribution in [0.15, 0.2) is 0 Å². The third-order valence-electron chi connectivity index (χ3n) is 0.250. The van der Waals surface area contributed by atoms with Crippen LogP contribution in [0.2, 0.25) is 0 Å². The number of rotatable bonds is 2. The first-order valence-electron chi connectivity index (χ1n) is 4.50. The monoisotopic (exact) mass is 78.1 g/mol. The van der Waals surface area contributed by atoms with Crippen molar-refractivity contribution in [2.45, 2.75) is 33.0 Å². The molecule has 0 unspecified atom stereocenters. The largest absolute Gasteiger partial charge is 0.0654 e. The lowest BCUT2D eigenvalue weighted by atomic mass is 10.3. The zero-order chi connectivity index (χ0) is 9.50. The molecule has 0 amide bonds. The van der Waals surface area contributed by atoms with Crippen molar-refractivity contribution >= 4 is 0 Å². The van der Waals surface area contributed by atoms with Gasteiger partial charge in [-0.05, 0) is 0 Å². The molecular weight excluding hydrogens is 60.1 g/mol. The third-order valence-corrected chi connectivity index (χ3v) is 0.250. The van der Waals surface area contributed by atoms with E-state index >= 15 is 0 Å². The smallest absolute Gasteiger partial charge is 0.0266 e. The molecule has 0 aliphatic rings. The Labute approximate surface area is 42.6 Å². The van der Waals surface area contributed by atoms with E-state index in [-0.39, 0.29) is 0 Å². The van der Waals surface area contributed by atoms with Gasteiger partial charge in [0, 0.05) is 8.22 Å². The van der Waals surface area contributed by atoms with Crippen molar-refractivity contribution in [3.8, 4) is 0 Å². The van der Waals surface area contributed by atoms with Crippen LogP contribution >= 0.6 is 0 Å². The summed E-state index contributed by atoms with van der Waals surface area (Å²) in [6, 6.07) is 0. The van der Waals surface area contributed by atoms with Gasteiger partial charge in [-0.1, -0.05) is 33.0 Å². The summed E-state index contributed by atoms with van der Waals surface area (Å²) in [4.78, 5) is 0. The summed E-state index contributed by atoms with van der Waals surface area (Å²) in [5.74, 6) is 0. The van der Waals surface area contributed by atoms with Crippen molar-refractivity contribution in [3.05, 3.63) is 0 Å². The minimum atomic E-state index is -2.46. The molecule has 0 atom stereocenters. The molecule has 0 saturated heterocycles. The van der Waals surface area contributed by atoms with Crippen LogP contribution < -0.4 is 0 Å². The molecule has 5 heavy (non-hydrogen) atoms. The van der Waals surface area contributed by atoms with Crippen LogP contribution in [0, 0.1) is 0 Å². The highest BCUT2D eigenvalue weighted by atomic mass is 13.7. The maximum atomic E-state index is 7.15. The summed E-state index contributed by atoms with van der Waals surface area (Å²) < 4.78 is 42.5. The van der Waals surface area contributed by atoms with Crippen LogP contribution in [-0.2, 0) is 0 Å². The van der Waals surface area contributed by atoms with Gasteiger partial charge in [0.2, 0.25) is 0 Å². The Hall–Kier alpha value is 0. The highest BCUT2D eigenvalue weighted by Gasteiger charge is 1.68. The molecular formula is C5H12. The summed E-state index contributed by atoms with van der Waals surface area (Å²) in [6.45, 7) is 2.07. The van der Waals surface area contributed by atoms with Crippen LogP contribution in [0.4, 0.5) is 0 Å². The fraction of sp³-hybridized carbons (Fsp3) is 1.00. The number of hydrogen-bond acceptors (Lipinski definition) is 0. The van der Waals surface area contributed by atoms with Crippen molar-refractivity contribution in [1.29, 1.82) is 0 Å². The summed E-state index contributed by atoms with van der Waals surface area (Å²) in [5, 5.41) is 0. The molecule has 0 aromatic carbocycles. The van der Waals surface area contributed by atoms with Gasteiger partial charge >= 0.3 is 0 Å². The Bertz CT molecular complexity index is 122. The highest BCUT2D eigenvalue weighted by molar-refractivity contribution is 4.24. The van der Waals surface area contributed by atoms with Crippen LogP contribution in [0.3, 0.4) is 0 Å². The van der Waals surface area contributed by atoms with Crippen molar-refractivity contribution in [1.82, 2.24) is 0 Å². The molecule has 0 aliphatic heterocycles. The third kappa shape index (κ3) is 4.00. The lowest BCUT2D eigenvalue weighted by Crippen LogP contribution is -1.59. The Morgan fingerprint density at radius 1 is 1.40 bits per heavy atom. The molecule has 0 N–H and O–H groups in total. The molecule has 0 rings (SSSR count). The molecule has 0 aromatic heterocycles. The second-order valence-electron chi connectivity index (χ2n) is 0.625. The lowest BCUT2D eigenvalue weighted by Gasteiger charge is -1.79. The quantitative estimate of drug-likeness (QED) is 0.475. The van der Waals surface area contributed by atoms with E-state index in [2.05, 4.69) is 0 Å². The van der Waals surface area contributed by atoms with Crippen molar-refractivity contribution in [2.75, 3.05) is 0 Å². The van der Waals surface area contributed by atoms with E-state index in [4.69, 9.17) is 8.22 Å². The second kappa shape index (κ2) is 4.00. The van der Waals surface area contributed by atoms with Gasteiger partial charge in [-0.25, -0.2) is 0 Å². The lowest BCUT2D eigenvalue weighted by molar-refractivity contribution is 0.772. The van der Waals surface area contributed by atoms with Crippen molar-refractivity contribution in [3.63, 3.8) is 0 Å².